The molecule has 0 heterocycles. The lowest BCUT2D eigenvalue weighted by Crippen LogP contribution is -2.30. The van der Waals surface area contributed by atoms with Crippen LogP contribution in [0, 0.1) is 5.92 Å². The van der Waals surface area contributed by atoms with E-state index in [1.165, 1.54) is 180 Å². The number of aliphatic hydroxyl groups is 1. The summed E-state index contributed by atoms with van der Waals surface area (Å²) in [5, 5.41) is 10.6. The zero-order valence-corrected chi connectivity index (χ0v) is 58.6. The van der Waals surface area contributed by atoms with Crippen LogP contribution in [0.2, 0.25) is 0 Å². The van der Waals surface area contributed by atoms with E-state index in [2.05, 4.69) is 34.6 Å². The third kappa shape index (κ3) is 61.6. The quantitative estimate of drug-likeness (QED) is 0.0222. The van der Waals surface area contributed by atoms with Crippen molar-refractivity contribution in [3.63, 3.8) is 0 Å². The molecule has 0 saturated carbocycles. The van der Waals surface area contributed by atoms with Gasteiger partial charge in [0, 0.05) is 25.7 Å². The summed E-state index contributed by atoms with van der Waals surface area (Å²) in [6.45, 7) is 7.19. The fourth-order valence-corrected chi connectivity index (χ4v) is 12.0. The van der Waals surface area contributed by atoms with Crippen LogP contribution in [0.15, 0.2) is 0 Å². The lowest BCUT2D eigenvalue weighted by atomic mass is 10.00. The smallest absolute Gasteiger partial charge is 0.462 e. The first-order valence-corrected chi connectivity index (χ1v) is 39.2. The molecule has 0 aliphatic carbocycles. The van der Waals surface area contributed by atoms with E-state index in [0.717, 1.165) is 95.8 Å². The van der Waals surface area contributed by atoms with Gasteiger partial charge in [-0.3, -0.25) is 37.3 Å². The summed E-state index contributed by atoms with van der Waals surface area (Å²) in [5.74, 6) is -1.40. The average Bonchev–Trinajstić information content (AvgIpc) is 3.60. The number of carbonyl (C=O) groups excluding carboxylic acids is 4. The Labute approximate surface area is 537 Å². The number of ether oxygens (including phenoxy) is 4. The molecule has 0 aromatic heterocycles. The molecule has 3 N–H and O–H groups in total. The van der Waals surface area contributed by atoms with Crippen molar-refractivity contribution in [1.82, 2.24) is 0 Å². The molecular formula is C69H134O17P2. The number of rotatable bonds is 69. The van der Waals surface area contributed by atoms with Crippen molar-refractivity contribution >= 4 is 39.5 Å². The van der Waals surface area contributed by atoms with Crippen molar-refractivity contribution in [2.24, 2.45) is 5.92 Å². The number of phosphoric acid groups is 2. The van der Waals surface area contributed by atoms with Gasteiger partial charge in [0.1, 0.15) is 19.3 Å². The summed E-state index contributed by atoms with van der Waals surface area (Å²) in [4.78, 5) is 72.5. The van der Waals surface area contributed by atoms with Crippen molar-refractivity contribution < 1.29 is 80.2 Å². The van der Waals surface area contributed by atoms with Crippen molar-refractivity contribution in [1.29, 1.82) is 0 Å². The Kier molecular flexibility index (Phi) is 61.1. The highest BCUT2D eigenvalue weighted by atomic mass is 31.2. The summed E-state index contributed by atoms with van der Waals surface area (Å²) in [5.41, 5.74) is 0. The van der Waals surface area contributed by atoms with E-state index in [-0.39, 0.29) is 25.7 Å². The van der Waals surface area contributed by atoms with Gasteiger partial charge in [0.25, 0.3) is 0 Å². The first kappa shape index (κ1) is 86.1. The van der Waals surface area contributed by atoms with Gasteiger partial charge in [0.15, 0.2) is 12.2 Å². The Morgan fingerprint density at radius 1 is 0.318 bits per heavy atom. The lowest BCUT2D eigenvalue weighted by molar-refractivity contribution is -0.161. The second-order valence-electron chi connectivity index (χ2n) is 25.2. The number of hydrogen-bond donors (Lipinski definition) is 3. The molecule has 17 nitrogen and oxygen atoms in total. The van der Waals surface area contributed by atoms with E-state index in [4.69, 9.17) is 37.0 Å². The Balaban J connectivity index is 5.24. The van der Waals surface area contributed by atoms with Crippen LogP contribution in [0.4, 0.5) is 0 Å². The molecule has 0 rings (SSSR count). The summed E-state index contributed by atoms with van der Waals surface area (Å²) in [7, 11) is -9.90. The number of esters is 4. The number of unbranched alkanes of at least 4 members (excludes halogenated alkanes) is 40. The summed E-state index contributed by atoms with van der Waals surface area (Å²) < 4.78 is 68.2. The first-order chi connectivity index (χ1) is 42.6. The third-order valence-electron chi connectivity index (χ3n) is 16.4. The Morgan fingerprint density at radius 2 is 0.545 bits per heavy atom. The summed E-state index contributed by atoms with van der Waals surface area (Å²) in [6.07, 6.45) is 48.5. The SMILES string of the molecule is CCCCCCCCCCCCCCCCC(=O)OC[C@H](COP(=O)(O)OC[C@@H](O)COP(=O)(O)OC[C@@H](COC(=O)CCCCCCCCCCCC)OC(=O)CCCCCCCCC(C)CC)OC(=O)CCCCCCCCCCCCCCCC. The lowest BCUT2D eigenvalue weighted by Gasteiger charge is -2.21. The van der Waals surface area contributed by atoms with Crippen molar-refractivity contribution in [2.45, 2.75) is 374 Å². The predicted octanol–water partition coefficient (Wildman–Crippen LogP) is 19.7. The third-order valence-corrected chi connectivity index (χ3v) is 18.3. The molecule has 3 unspecified atom stereocenters. The van der Waals surface area contributed by atoms with E-state index in [9.17, 15) is 43.2 Å². The van der Waals surface area contributed by atoms with Gasteiger partial charge in [-0.15, -0.1) is 0 Å². The molecular weight excluding hydrogens is 1160 g/mol. The molecule has 0 amide bonds. The molecule has 6 atom stereocenters. The average molecular weight is 1300 g/mol. The highest BCUT2D eigenvalue weighted by Gasteiger charge is 2.30. The molecule has 0 aromatic rings. The van der Waals surface area contributed by atoms with E-state index >= 15 is 0 Å². The van der Waals surface area contributed by atoms with E-state index in [1.54, 1.807) is 0 Å². The number of hydrogen-bond acceptors (Lipinski definition) is 15. The van der Waals surface area contributed by atoms with Crippen LogP contribution in [-0.2, 0) is 65.4 Å². The van der Waals surface area contributed by atoms with Crippen molar-refractivity contribution in [2.75, 3.05) is 39.6 Å². The number of carbonyl (C=O) groups is 4. The molecule has 19 heteroatoms. The molecule has 0 radical (unpaired) electrons. The molecule has 0 aliphatic rings. The van der Waals surface area contributed by atoms with Gasteiger partial charge in [-0.25, -0.2) is 9.13 Å². The Bertz CT molecular complexity index is 1710. The van der Waals surface area contributed by atoms with Gasteiger partial charge in [-0.05, 0) is 31.6 Å². The maximum absolute atomic E-state index is 13.0. The van der Waals surface area contributed by atoms with Crippen LogP contribution in [0.5, 0.6) is 0 Å². The largest absolute Gasteiger partial charge is 0.472 e. The molecule has 0 saturated heterocycles. The van der Waals surface area contributed by atoms with Crippen LogP contribution in [0.1, 0.15) is 356 Å². The topological polar surface area (TPSA) is 237 Å². The van der Waals surface area contributed by atoms with Gasteiger partial charge >= 0.3 is 39.5 Å². The highest BCUT2D eigenvalue weighted by molar-refractivity contribution is 7.47. The zero-order chi connectivity index (χ0) is 64.9. The molecule has 0 aromatic carbocycles. The maximum atomic E-state index is 13.0. The predicted molar refractivity (Wildman–Crippen MR) is 354 cm³/mol. The van der Waals surface area contributed by atoms with Gasteiger partial charge in [-0.1, -0.05) is 304 Å². The monoisotopic (exact) mass is 1300 g/mol. The van der Waals surface area contributed by atoms with Crippen molar-refractivity contribution in [3.05, 3.63) is 0 Å². The van der Waals surface area contributed by atoms with E-state index in [1.807, 2.05) is 0 Å². The molecule has 0 fully saturated rings. The number of phosphoric ester groups is 2. The van der Waals surface area contributed by atoms with E-state index in [0.29, 0.717) is 25.7 Å². The first-order valence-electron chi connectivity index (χ1n) is 36.2. The minimum atomic E-state index is -4.95. The van der Waals surface area contributed by atoms with Crippen LogP contribution >= 0.6 is 15.6 Å². The minimum Gasteiger partial charge on any atom is -0.462 e. The second-order valence-corrected chi connectivity index (χ2v) is 28.1. The van der Waals surface area contributed by atoms with Gasteiger partial charge in [-0.2, -0.15) is 0 Å². The molecule has 0 aliphatic heterocycles. The minimum absolute atomic E-state index is 0.103. The fraction of sp³-hybridized carbons (Fsp3) is 0.942. The van der Waals surface area contributed by atoms with Gasteiger partial charge in [0.2, 0.25) is 0 Å². The normalized spacial score (nSPS) is 14.4. The standard InChI is InChI=1S/C69H134O17P2/c1-6-10-13-16-19-22-25-27-29-31-34-37-43-48-53-67(72)79-58-64(85-68(73)54-49-44-38-35-32-30-28-26-23-20-17-14-11-7-2)60-83-87(75,76)81-56-63(70)57-82-88(77,78)84-61-65(86-69(74)55-50-45-40-39-41-46-51-62(5)9-4)59-80-66(71)52-47-42-36-33-24-21-18-15-12-8-3/h62-65,70H,6-61H2,1-5H3,(H,75,76)(H,77,78)/t62?,63-,64-,65-/m1/s1. The molecule has 88 heavy (non-hydrogen) atoms. The highest BCUT2D eigenvalue weighted by Crippen LogP contribution is 2.45. The van der Waals surface area contributed by atoms with Crippen LogP contribution in [0.3, 0.4) is 0 Å². The van der Waals surface area contributed by atoms with Crippen molar-refractivity contribution in [3.8, 4) is 0 Å². The van der Waals surface area contributed by atoms with Gasteiger partial charge < -0.3 is 33.8 Å². The molecule has 0 spiro atoms. The summed E-state index contributed by atoms with van der Waals surface area (Å²) in [6, 6.07) is 0. The van der Waals surface area contributed by atoms with Crippen LogP contribution in [-0.4, -0.2) is 96.7 Å². The van der Waals surface area contributed by atoms with Crippen LogP contribution < -0.4 is 0 Å². The summed E-state index contributed by atoms with van der Waals surface area (Å²) >= 11 is 0. The van der Waals surface area contributed by atoms with Gasteiger partial charge in [0.05, 0.1) is 26.4 Å². The Hall–Kier alpha value is -1.94. The molecule has 522 valence electrons. The second kappa shape index (κ2) is 62.5. The Morgan fingerprint density at radius 3 is 0.807 bits per heavy atom. The van der Waals surface area contributed by atoms with Crippen LogP contribution in [0.25, 0.3) is 0 Å². The zero-order valence-electron chi connectivity index (χ0n) is 56.9. The van der Waals surface area contributed by atoms with E-state index < -0.39 is 97.5 Å². The fourth-order valence-electron chi connectivity index (χ4n) is 10.4. The maximum Gasteiger partial charge on any atom is 0.472 e. The number of aliphatic hydroxyl groups excluding tert-OH is 1. The molecule has 0 bridgehead atoms.